The molecule has 1 fully saturated rings. The highest BCUT2D eigenvalue weighted by molar-refractivity contribution is 7.91. The number of sulfone groups is 1. The zero-order valence-electron chi connectivity index (χ0n) is 9.83. The zero-order chi connectivity index (χ0) is 13.2. The first kappa shape index (κ1) is 15.1. The fraction of sp³-hybridized carbons (Fsp3) is 1.00. The molecule has 0 atom stereocenters. The van der Waals surface area contributed by atoms with Gasteiger partial charge >= 0.3 is 7.82 Å². The van der Waals surface area contributed by atoms with Crippen molar-refractivity contribution in [1.29, 1.82) is 0 Å². The fourth-order valence-electron chi connectivity index (χ4n) is 2.26. The summed E-state index contributed by atoms with van der Waals surface area (Å²) in [6.45, 7) is 1.49. The second-order valence-corrected chi connectivity index (χ2v) is 8.36. The maximum Gasteiger partial charge on any atom is 0.469 e. The van der Waals surface area contributed by atoms with Crippen molar-refractivity contribution in [3.63, 3.8) is 0 Å². The first-order valence-corrected chi connectivity index (χ1v) is 8.88. The van der Waals surface area contributed by atoms with Gasteiger partial charge in [-0.15, -0.1) is 0 Å². The molecule has 0 aromatic rings. The first-order chi connectivity index (χ1) is 7.62. The molecule has 0 bridgehead atoms. The van der Waals surface area contributed by atoms with E-state index in [-0.39, 0.29) is 16.9 Å². The minimum Gasteiger partial charge on any atom is -0.303 e. The predicted molar refractivity (Wildman–Crippen MR) is 63.2 cm³/mol. The molecule has 6 nitrogen and oxygen atoms in total. The van der Waals surface area contributed by atoms with E-state index in [1.165, 1.54) is 0 Å². The van der Waals surface area contributed by atoms with E-state index in [1.54, 1.807) is 0 Å². The van der Waals surface area contributed by atoms with E-state index in [0.717, 1.165) is 25.7 Å². The van der Waals surface area contributed by atoms with Gasteiger partial charge in [-0.2, -0.15) is 0 Å². The third kappa shape index (κ3) is 5.97. The van der Waals surface area contributed by atoms with Gasteiger partial charge in [0.15, 0.2) is 9.84 Å². The van der Waals surface area contributed by atoms with Crippen LogP contribution in [0.1, 0.15) is 32.6 Å². The van der Waals surface area contributed by atoms with Gasteiger partial charge in [0.25, 0.3) is 0 Å². The number of phosphoric acid groups is 1. The Morgan fingerprint density at radius 1 is 1.29 bits per heavy atom. The number of hydrogen-bond acceptors (Lipinski definition) is 4. The Morgan fingerprint density at radius 2 is 1.82 bits per heavy atom. The van der Waals surface area contributed by atoms with Gasteiger partial charge in [0.2, 0.25) is 0 Å². The lowest BCUT2D eigenvalue weighted by molar-refractivity contribution is 0.207. The minimum atomic E-state index is -4.57. The SMILES string of the molecule is CC1(CS(=O)(=O)CCOP(=O)(O)O)CCCC1. The van der Waals surface area contributed by atoms with Crippen LogP contribution >= 0.6 is 7.82 Å². The zero-order valence-corrected chi connectivity index (χ0v) is 11.5. The molecule has 8 heteroatoms. The normalized spacial score (nSPS) is 20.6. The molecule has 0 radical (unpaired) electrons. The van der Waals surface area contributed by atoms with Crippen LogP contribution in [0.5, 0.6) is 0 Å². The lowest BCUT2D eigenvalue weighted by atomic mass is 9.92. The monoisotopic (exact) mass is 286 g/mol. The minimum absolute atomic E-state index is 0.0739. The third-order valence-electron chi connectivity index (χ3n) is 3.03. The van der Waals surface area contributed by atoms with E-state index in [4.69, 9.17) is 9.79 Å². The van der Waals surface area contributed by atoms with Crippen molar-refractivity contribution in [3.05, 3.63) is 0 Å². The van der Waals surface area contributed by atoms with Crippen LogP contribution in [0, 0.1) is 5.41 Å². The molecule has 1 rings (SSSR count). The molecule has 0 heterocycles. The highest BCUT2D eigenvalue weighted by Gasteiger charge is 2.33. The molecule has 1 aliphatic carbocycles. The van der Waals surface area contributed by atoms with Crippen molar-refractivity contribution in [2.75, 3.05) is 18.1 Å². The highest BCUT2D eigenvalue weighted by atomic mass is 32.2. The van der Waals surface area contributed by atoms with Crippen LogP contribution in [0.3, 0.4) is 0 Å². The van der Waals surface area contributed by atoms with Gasteiger partial charge in [-0.3, -0.25) is 4.52 Å². The molecule has 0 amide bonds. The molecular weight excluding hydrogens is 267 g/mol. The van der Waals surface area contributed by atoms with Crippen LogP contribution in [0.15, 0.2) is 0 Å². The molecule has 2 N–H and O–H groups in total. The van der Waals surface area contributed by atoms with Crippen molar-refractivity contribution in [3.8, 4) is 0 Å². The molecule has 0 aliphatic heterocycles. The second-order valence-electron chi connectivity index (χ2n) is 4.93. The molecule has 0 aromatic heterocycles. The van der Waals surface area contributed by atoms with E-state index >= 15 is 0 Å². The average molecular weight is 286 g/mol. The first-order valence-electron chi connectivity index (χ1n) is 5.53. The molecule has 0 saturated heterocycles. The molecule has 0 spiro atoms. The lowest BCUT2D eigenvalue weighted by Gasteiger charge is -2.22. The second kappa shape index (κ2) is 5.36. The van der Waals surface area contributed by atoms with Crippen LogP contribution in [-0.2, 0) is 18.9 Å². The summed E-state index contributed by atoms with van der Waals surface area (Å²) in [6, 6.07) is 0. The predicted octanol–water partition coefficient (Wildman–Crippen LogP) is 1.09. The largest absolute Gasteiger partial charge is 0.469 e. The van der Waals surface area contributed by atoms with Gasteiger partial charge in [0, 0.05) is 0 Å². The van der Waals surface area contributed by atoms with Crippen LogP contribution in [0.4, 0.5) is 0 Å². The quantitative estimate of drug-likeness (QED) is 0.709. The molecular formula is C9H19O6PS. The Bertz CT molecular complexity index is 392. The van der Waals surface area contributed by atoms with Gasteiger partial charge < -0.3 is 9.79 Å². The van der Waals surface area contributed by atoms with Gasteiger partial charge in [0.05, 0.1) is 18.1 Å². The summed E-state index contributed by atoms with van der Waals surface area (Å²) >= 11 is 0. The molecule has 0 unspecified atom stereocenters. The Balaban J connectivity index is 2.44. The van der Waals surface area contributed by atoms with Crippen LogP contribution in [-0.4, -0.2) is 36.3 Å². The number of hydrogen-bond donors (Lipinski definition) is 2. The Kier molecular flexibility index (Phi) is 4.77. The topological polar surface area (TPSA) is 101 Å². The standard InChI is InChI=1S/C9H19O6PS/c1-9(4-2-3-5-9)8-17(13,14)7-6-15-16(10,11)12/h2-8H2,1H3,(H2,10,11,12). The van der Waals surface area contributed by atoms with E-state index in [1.807, 2.05) is 6.92 Å². The lowest BCUT2D eigenvalue weighted by Crippen LogP contribution is -2.27. The molecule has 0 aromatic carbocycles. The van der Waals surface area contributed by atoms with Crippen molar-refractivity contribution in [2.45, 2.75) is 32.6 Å². The molecule has 1 aliphatic rings. The maximum atomic E-state index is 11.7. The number of phosphoric ester groups is 1. The Hall–Kier alpha value is 0.0600. The fourth-order valence-corrected chi connectivity index (χ4v) is 4.54. The van der Waals surface area contributed by atoms with Gasteiger partial charge in [0.1, 0.15) is 0 Å². The molecule has 1 saturated carbocycles. The average Bonchev–Trinajstić information content (AvgIpc) is 2.47. The van der Waals surface area contributed by atoms with Crippen molar-refractivity contribution >= 4 is 17.7 Å². The summed E-state index contributed by atoms with van der Waals surface area (Å²) in [4.78, 5) is 16.9. The van der Waals surface area contributed by atoms with Crippen molar-refractivity contribution in [2.24, 2.45) is 5.41 Å². The summed E-state index contributed by atoms with van der Waals surface area (Å²) in [6.07, 6.45) is 3.88. The maximum absolute atomic E-state index is 11.7. The summed E-state index contributed by atoms with van der Waals surface area (Å²) in [5.74, 6) is -0.266. The molecule has 102 valence electrons. The van der Waals surface area contributed by atoms with Crippen LogP contribution in [0.25, 0.3) is 0 Å². The Labute approximate surface area is 102 Å². The van der Waals surface area contributed by atoms with E-state index in [9.17, 15) is 13.0 Å². The summed E-state index contributed by atoms with van der Waals surface area (Å²) in [5.41, 5.74) is -0.180. The van der Waals surface area contributed by atoms with Crippen molar-refractivity contribution < 1.29 is 27.3 Å². The van der Waals surface area contributed by atoms with E-state index < -0.39 is 24.3 Å². The van der Waals surface area contributed by atoms with Crippen LogP contribution < -0.4 is 0 Å². The Morgan fingerprint density at radius 3 is 2.29 bits per heavy atom. The van der Waals surface area contributed by atoms with Gasteiger partial charge in [-0.25, -0.2) is 13.0 Å². The summed E-state index contributed by atoms with van der Waals surface area (Å²) in [5, 5.41) is 0. The smallest absolute Gasteiger partial charge is 0.303 e. The summed E-state index contributed by atoms with van der Waals surface area (Å²) in [7, 11) is -7.88. The number of rotatable bonds is 6. The summed E-state index contributed by atoms with van der Waals surface area (Å²) < 4.78 is 38.0. The van der Waals surface area contributed by atoms with Gasteiger partial charge in [-0.1, -0.05) is 19.8 Å². The molecule has 17 heavy (non-hydrogen) atoms. The van der Waals surface area contributed by atoms with Crippen molar-refractivity contribution in [1.82, 2.24) is 0 Å². The van der Waals surface area contributed by atoms with E-state index in [0.29, 0.717) is 0 Å². The van der Waals surface area contributed by atoms with Gasteiger partial charge in [-0.05, 0) is 18.3 Å². The van der Waals surface area contributed by atoms with E-state index in [2.05, 4.69) is 4.52 Å². The van der Waals surface area contributed by atoms with Crippen LogP contribution in [0.2, 0.25) is 0 Å². The third-order valence-corrected chi connectivity index (χ3v) is 5.48. The highest BCUT2D eigenvalue weighted by Crippen LogP contribution is 2.39.